The molecule has 2 aromatic rings. The molecular formula is C17H24N4. The number of hydrogen-bond donors (Lipinski definition) is 1. The van der Waals surface area contributed by atoms with Crippen LogP contribution in [-0.2, 0) is 19.5 Å². The summed E-state index contributed by atoms with van der Waals surface area (Å²) < 4.78 is 2.32. The molecule has 1 aromatic carbocycles. The van der Waals surface area contributed by atoms with Crippen LogP contribution in [0.5, 0.6) is 0 Å². The van der Waals surface area contributed by atoms with Gasteiger partial charge in [-0.25, -0.2) is 0 Å². The Hall–Kier alpha value is -1.68. The van der Waals surface area contributed by atoms with Gasteiger partial charge in [-0.15, -0.1) is 10.2 Å². The van der Waals surface area contributed by atoms with E-state index in [1.165, 1.54) is 30.4 Å². The van der Waals surface area contributed by atoms with E-state index in [9.17, 15) is 0 Å². The van der Waals surface area contributed by atoms with Crippen LogP contribution in [0.15, 0.2) is 24.3 Å². The second-order valence-electron chi connectivity index (χ2n) is 6.03. The monoisotopic (exact) mass is 284 g/mol. The predicted octanol–water partition coefficient (Wildman–Crippen LogP) is 3.16. The molecule has 1 N–H and O–H groups in total. The average molecular weight is 284 g/mol. The quantitative estimate of drug-likeness (QED) is 0.937. The molecule has 0 saturated carbocycles. The molecule has 0 aliphatic carbocycles. The zero-order valence-corrected chi connectivity index (χ0v) is 13.0. The minimum absolute atomic E-state index is 0.227. The molecule has 112 valence electrons. The van der Waals surface area contributed by atoms with Crippen LogP contribution in [-0.4, -0.2) is 14.8 Å². The molecule has 0 fully saturated rings. The highest BCUT2D eigenvalue weighted by Crippen LogP contribution is 2.19. The molecule has 0 saturated heterocycles. The van der Waals surface area contributed by atoms with Crippen LogP contribution in [0.4, 0.5) is 0 Å². The average Bonchev–Trinajstić information content (AvgIpc) is 2.74. The Morgan fingerprint density at radius 2 is 2.14 bits per heavy atom. The van der Waals surface area contributed by atoms with Crippen LogP contribution < -0.4 is 5.32 Å². The number of fused-ring (bicyclic) bond motifs is 1. The lowest BCUT2D eigenvalue weighted by atomic mass is 10.1. The fourth-order valence-electron chi connectivity index (χ4n) is 3.01. The van der Waals surface area contributed by atoms with Crippen molar-refractivity contribution in [3.05, 3.63) is 47.0 Å². The van der Waals surface area contributed by atoms with Gasteiger partial charge in [0.15, 0.2) is 0 Å². The lowest BCUT2D eigenvalue weighted by Crippen LogP contribution is -2.22. The maximum absolute atomic E-state index is 4.42. The molecule has 1 aliphatic rings. The van der Waals surface area contributed by atoms with Crippen LogP contribution >= 0.6 is 0 Å². The van der Waals surface area contributed by atoms with E-state index in [0.29, 0.717) is 0 Å². The summed E-state index contributed by atoms with van der Waals surface area (Å²) in [6, 6.07) is 8.86. The summed E-state index contributed by atoms with van der Waals surface area (Å²) in [5.74, 6) is 2.24. The molecule has 0 amide bonds. The minimum Gasteiger partial charge on any atom is -0.314 e. The van der Waals surface area contributed by atoms with E-state index in [-0.39, 0.29) is 6.04 Å². The molecule has 1 aromatic heterocycles. The van der Waals surface area contributed by atoms with Crippen molar-refractivity contribution in [1.29, 1.82) is 0 Å². The summed E-state index contributed by atoms with van der Waals surface area (Å²) in [6.45, 7) is 6.24. The van der Waals surface area contributed by atoms with Crippen LogP contribution in [0.1, 0.15) is 55.0 Å². The fraction of sp³-hybridized carbons (Fsp3) is 0.529. The van der Waals surface area contributed by atoms with Crippen molar-refractivity contribution < 1.29 is 0 Å². The minimum atomic E-state index is 0.227. The molecule has 0 bridgehead atoms. The smallest absolute Gasteiger partial charge is 0.149 e. The summed E-state index contributed by atoms with van der Waals surface area (Å²) in [7, 11) is 0. The van der Waals surface area contributed by atoms with Gasteiger partial charge in [0.2, 0.25) is 0 Å². The number of rotatable bonds is 4. The van der Waals surface area contributed by atoms with Crippen molar-refractivity contribution in [1.82, 2.24) is 20.1 Å². The van der Waals surface area contributed by atoms with Crippen molar-refractivity contribution in [3.63, 3.8) is 0 Å². The molecule has 21 heavy (non-hydrogen) atoms. The number of nitrogens with one attached hydrogen (secondary N) is 1. The Labute approximate surface area is 126 Å². The van der Waals surface area contributed by atoms with Crippen LogP contribution in [0.3, 0.4) is 0 Å². The van der Waals surface area contributed by atoms with E-state index in [4.69, 9.17) is 0 Å². The highest BCUT2D eigenvalue weighted by Gasteiger charge is 2.18. The van der Waals surface area contributed by atoms with Crippen molar-refractivity contribution in [3.8, 4) is 0 Å². The lowest BCUT2D eigenvalue weighted by Gasteiger charge is -2.15. The van der Waals surface area contributed by atoms with Gasteiger partial charge < -0.3 is 9.88 Å². The maximum Gasteiger partial charge on any atom is 0.149 e. The standard InChI is InChI=1S/C17H24N4/c1-13-7-6-8-15(11-13)12-18-14(2)17-20-19-16-9-4-3-5-10-21(16)17/h6-8,11,14,18H,3-5,9-10,12H2,1-2H3. The normalized spacial score (nSPS) is 16.3. The SMILES string of the molecule is Cc1cccc(CNC(C)c2nnc3n2CCCCC3)c1. The molecule has 3 rings (SSSR count). The summed E-state index contributed by atoms with van der Waals surface area (Å²) in [6.07, 6.45) is 4.84. The molecule has 1 unspecified atom stereocenters. The number of hydrogen-bond acceptors (Lipinski definition) is 3. The zero-order chi connectivity index (χ0) is 14.7. The second-order valence-corrected chi connectivity index (χ2v) is 6.03. The van der Waals surface area contributed by atoms with Gasteiger partial charge in [-0.05, 0) is 32.3 Å². The molecule has 0 radical (unpaired) electrons. The van der Waals surface area contributed by atoms with E-state index in [1.807, 2.05) is 0 Å². The zero-order valence-electron chi connectivity index (χ0n) is 13.0. The first kappa shape index (κ1) is 14.3. The van der Waals surface area contributed by atoms with Gasteiger partial charge in [0.05, 0.1) is 6.04 Å². The van der Waals surface area contributed by atoms with Crippen molar-refractivity contribution >= 4 is 0 Å². The van der Waals surface area contributed by atoms with E-state index >= 15 is 0 Å². The van der Waals surface area contributed by atoms with E-state index in [2.05, 4.69) is 58.2 Å². The number of nitrogens with zero attached hydrogens (tertiary/aromatic N) is 3. The summed E-state index contributed by atoms with van der Waals surface area (Å²) in [5.41, 5.74) is 2.62. The lowest BCUT2D eigenvalue weighted by molar-refractivity contribution is 0.502. The summed E-state index contributed by atoms with van der Waals surface area (Å²) >= 11 is 0. The number of benzene rings is 1. The van der Waals surface area contributed by atoms with Gasteiger partial charge in [-0.1, -0.05) is 36.2 Å². The third-order valence-electron chi connectivity index (χ3n) is 4.22. The predicted molar refractivity (Wildman–Crippen MR) is 84.0 cm³/mol. The summed E-state index contributed by atoms with van der Waals surface area (Å²) in [4.78, 5) is 0. The summed E-state index contributed by atoms with van der Waals surface area (Å²) in [5, 5.41) is 12.4. The Bertz CT molecular complexity index is 603. The Kier molecular flexibility index (Phi) is 4.34. The molecular weight excluding hydrogens is 260 g/mol. The Balaban J connectivity index is 1.68. The van der Waals surface area contributed by atoms with Gasteiger partial charge in [0.1, 0.15) is 11.6 Å². The Morgan fingerprint density at radius 3 is 3.00 bits per heavy atom. The highest BCUT2D eigenvalue weighted by atomic mass is 15.3. The second kappa shape index (κ2) is 6.39. The third kappa shape index (κ3) is 3.32. The third-order valence-corrected chi connectivity index (χ3v) is 4.22. The van der Waals surface area contributed by atoms with E-state index < -0.39 is 0 Å². The van der Waals surface area contributed by atoms with Crippen LogP contribution in [0.2, 0.25) is 0 Å². The molecule has 4 nitrogen and oxygen atoms in total. The van der Waals surface area contributed by atoms with E-state index in [0.717, 1.165) is 31.2 Å². The van der Waals surface area contributed by atoms with Crippen molar-refractivity contribution in [2.45, 2.75) is 58.7 Å². The van der Waals surface area contributed by atoms with Gasteiger partial charge in [0.25, 0.3) is 0 Å². The van der Waals surface area contributed by atoms with Crippen LogP contribution in [0.25, 0.3) is 0 Å². The molecule has 1 atom stereocenters. The van der Waals surface area contributed by atoms with Gasteiger partial charge in [0, 0.05) is 19.5 Å². The number of aryl methyl sites for hydroxylation is 2. The topological polar surface area (TPSA) is 42.7 Å². The van der Waals surface area contributed by atoms with Crippen molar-refractivity contribution in [2.24, 2.45) is 0 Å². The number of aromatic nitrogens is 3. The van der Waals surface area contributed by atoms with Gasteiger partial charge in [-0.2, -0.15) is 0 Å². The molecule has 4 heteroatoms. The highest BCUT2D eigenvalue weighted by molar-refractivity contribution is 5.22. The first-order valence-corrected chi connectivity index (χ1v) is 7.95. The van der Waals surface area contributed by atoms with Crippen molar-refractivity contribution in [2.75, 3.05) is 0 Å². The molecule has 2 heterocycles. The largest absolute Gasteiger partial charge is 0.314 e. The molecule has 0 spiro atoms. The first-order chi connectivity index (χ1) is 10.2. The van der Waals surface area contributed by atoms with E-state index in [1.54, 1.807) is 0 Å². The maximum atomic E-state index is 4.42. The Morgan fingerprint density at radius 1 is 1.24 bits per heavy atom. The van der Waals surface area contributed by atoms with Crippen LogP contribution in [0, 0.1) is 6.92 Å². The molecule has 1 aliphatic heterocycles. The van der Waals surface area contributed by atoms with Gasteiger partial charge >= 0.3 is 0 Å². The van der Waals surface area contributed by atoms with Gasteiger partial charge in [-0.3, -0.25) is 0 Å². The first-order valence-electron chi connectivity index (χ1n) is 7.95. The fourth-order valence-corrected chi connectivity index (χ4v) is 3.01.